The number of benzene rings is 1. The van der Waals surface area contributed by atoms with Crippen LogP contribution in [0, 0.1) is 23.7 Å². The van der Waals surface area contributed by atoms with E-state index in [1.54, 1.807) is 44.2 Å². The van der Waals surface area contributed by atoms with Crippen molar-refractivity contribution >= 4 is 59.2 Å². The highest BCUT2D eigenvalue weighted by Gasteiger charge is 2.35. The number of guanidine groups is 1. The fraction of sp³-hybridized carbons (Fsp3) is 0.642. The van der Waals surface area contributed by atoms with Gasteiger partial charge in [-0.05, 0) is 87.1 Å². The van der Waals surface area contributed by atoms with Gasteiger partial charge in [0.25, 0.3) is 0 Å². The van der Waals surface area contributed by atoms with Crippen LogP contribution in [0.15, 0.2) is 47.8 Å². The van der Waals surface area contributed by atoms with Gasteiger partial charge in [0.1, 0.15) is 42.3 Å². The molecule has 1 aromatic carbocycles. The summed E-state index contributed by atoms with van der Waals surface area (Å²) >= 11 is 0. The maximum Gasteiger partial charge on any atom is 0.326 e. The third-order valence-electron chi connectivity index (χ3n) is 12.7. The van der Waals surface area contributed by atoms with E-state index in [4.69, 9.17) is 22.9 Å². The number of nitrogens with two attached hydrogens (primary N) is 4. The Kier molecular flexibility index (Phi) is 30.3. The SMILES string of the molecule is CC[C@H](C)[C@H](N)C(=O)N[C@@H](CC(C)C)C(=O)NCC(=O)N[C@@H](CCCCN)C(=O)N[C@@H](Cc1ccccc1)C(=O)N[C@@H](CC(C)C)C(=O)N[C@@H](Cc1cnc[nH]1)C(=O)N[C@@H](CCCN=C(N)N)C(=O)N[C@@H](CC(C)C)C(=O)O. The summed E-state index contributed by atoms with van der Waals surface area (Å²) < 4.78 is 0. The Hall–Kier alpha value is -7.15. The van der Waals surface area contributed by atoms with Gasteiger partial charge >= 0.3 is 5.97 Å². The highest BCUT2D eigenvalue weighted by molar-refractivity contribution is 5.97. The number of unbranched alkanes of at least 4 members (excludes halogenated alkanes) is 1. The predicted octanol–water partition coefficient (Wildman–Crippen LogP) is -0.516. The van der Waals surface area contributed by atoms with Crippen molar-refractivity contribution in [2.24, 2.45) is 51.6 Å². The summed E-state index contributed by atoms with van der Waals surface area (Å²) in [5, 5.41) is 31.3. The molecule has 0 aliphatic heterocycles. The molecule has 0 fully saturated rings. The van der Waals surface area contributed by atoms with Gasteiger partial charge in [0, 0.05) is 31.3 Å². The number of hydrogen-bond acceptors (Lipinski definition) is 13. The van der Waals surface area contributed by atoms with E-state index in [0.29, 0.717) is 37.1 Å². The second-order valence-corrected chi connectivity index (χ2v) is 21.0. The zero-order chi connectivity index (χ0) is 58.5. The second-order valence-electron chi connectivity index (χ2n) is 21.0. The van der Waals surface area contributed by atoms with E-state index in [0.717, 1.165) is 0 Å². The number of carbonyl (C=O) groups excluding carboxylic acids is 8. The third kappa shape index (κ3) is 25.8. The van der Waals surface area contributed by atoms with Gasteiger partial charge in [-0.3, -0.25) is 43.3 Å². The maximum absolute atomic E-state index is 14.5. The molecule has 18 N–H and O–H groups in total. The Labute approximate surface area is 458 Å². The first-order chi connectivity index (χ1) is 36.8. The average Bonchev–Trinajstić information content (AvgIpc) is 3.89. The van der Waals surface area contributed by atoms with Crippen LogP contribution in [0.1, 0.15) is 124 Å². The lowest BCUT2D eigenvalue weighted by Gasteiger charge is -2.28. The lowest BCUT2D eigenvalue weighted by molar-refractivity contribution is -0.143. The van der Waals surface area contributed by atoms with Crippen LogP contribution in [0.25, 0.3) is 0 Å². The highest BCUT2D eigenvalue weighted by Crippen LogP contribution is 2.13. The monoisotopic (exact) mass is 1100 g/mol. The minimum absolute atomic E-state index is 0.00587. The normalized spacial score (nSPS) is 14.7. The van der Waals surface area contributed by atoms with Crippen molar-refractivity contribution in [3.8, 4) is 0 Å². The van der Waals surface area contributed by atoms with E-state index < -0.39 is 108 Å². The average molecular weight is 1100 g/mol. The first kappa shape index (κ1) is 67.0. The summed E-state index contributed by atoms with van der Waals surface area (Å²) in [6, 6.07) is -0.780. The fourth-order valence-corrected chi connectivity index (χ4v) is 8.20. The quantitative estimate of drug-likeness (QED) is 0.0230. The molecule has 1 heterocycles. The molecule has 8 amide bonds. The van der Waals surface area contributed by atoms with Crippen LogP contribution in [0.2, 0.25) is 0 Å². The molecule has 0 radical (unpaired) electrons. The number of aliphatic imine (C=N–C) groups is 1. The minimum atomic E-state index is -1.38. The third-order valence-corrected chi connectivity index (χ3v) is 12.7. The maximum atomic E-state index is 14.5. The van der Waals surface area contributed by atoms with Crippen LogP contribution < -0.4 is 65.5 Å². The lowest BCUT2D eigenvalue weighted by atomic mass is 9.97. The Balaban J connectivity index is 2.45. The van der Waals surface area contributed by atoms with E-state index in [2.05, 4.69) is 57.5 Å². The molecule has 78 heavy (non-hydrogen) atoms. The summed E-state index contributed by atoms with van der Waals surface area (Å²) in [7, 11) is 0. The molecule has 0 aliphatic carbocycles. The first-order valence-corrected chi connectivity index (χ1v) is 27.0. The zero-order valence-corrected chi connectivity index (χ0v) is 46.7. The van der Waals surface area contributed by atoms with Crippen molar-refractivity contribution in [1.82, 2.24) is 52.5 Å². The molecule has 0 unspecified atom stereocenters. The number of amides is 8. The second kappa shape index (κ2) is 35.3. The van der Waals surface area contributed by atoms with Crippen LogP contribution >= 0.6 is 0 Å². The molecule has 2 aromatic rings. The molecule has 2 rings (SSSR count). The predicted molar refractivity (Wildman–Crippen MR) is 295 cm³/mol. The van der Waals surface area contributed by atoms with E-state index in [-0.39, 0.29) is 87.5 Å². The van der Waals surface area contributed by atoms with Crippen LogP contribution in [0.3, 0.4) is 0 Å². The number of aliphatic carboxylic acids is 1. The molecule has 0 aliphatic rings. The Morgan fingerprint density at radius 1 is 0.603 bits per heavy atom. The van der Waals surface area contributed by atoms with Crippen molar-refractivity contribution < 1.29 is 48.3 Å². The molecule has 0 saturated heterocycles. The van der Waals surface area contributed by atoms with Gasteiger partial charge in [-0.1, -0.05) is 92.1 Å². The number of aromatic nitrogens is 2. The molecule has 9 atom stereocenters. The molecule has 1 aromatic heterocycles. The van der Waals surface area contributed by atoms with Gasteiger partial charge in [-0.2, -0.15) is 0 Å². The summed E-state index contributed by atoms with van der Waals surface area (Å²) in [6.07, 6.45) is 4.92. The molecular formula is C53H89N15O10. The number of carbonyl (C=O) groups is 9. The molecule has 436 valence electrons. The fourth-order valence-electron chi connectivity index (χ4n) is 8.20. The largest absolute Gasteiger partial charge is 0.480 e. The first-order valence-electron chi connectivity index (χ1n) is 27.0. The number of nitrogens with one attached hydrogen (secondary N) is 9. The van der Waals surface area contributed by atoms with Crippen LogP contribution in [0.5, 0.6) is 0 Å². The summed E-state index contributed by atoms with van der Waals surface area (Å²) in [5.41, 5.74) is 24.0. The molecule has 25 nitrogen and oxygen atoms in total. The highest BCUT2D eigenvalue weighted by atomic mass is 16.4. The number of H-pyrrole nitrogens is 1. The summed E-state index contributed by atoms with van der Waals surface area (Å²) in [5.74, 6) is -7.59. The minimum Gasteiger partial charge on any atom is -0.480 e. The van der Waals surface area contributed by atoms with E-state index in [9.17, 15) is 48.3 Å². The summed E-state index contributed by atoms with van der Waals surface area (Å²) in [4.78, 5) is 134. The van der Waals surface area contributed by atoms with Crippen molar-refractivity contribution in [3.05, 3.63) is 54.1 Å². The Morgan fingerprint density at radius 2 is 1.08 bits per heavy atom. The van der Waals surface area contributed by atoms with Crippen molar-refractivity contribution in [2.45, 2.75) is 174 Å². The number of carboxylic acids is 1. The van der Waals surface area contributed by atoms with Gasteiger partial charge < -0.3 is 75.6 Å². The van der Waals surface area contributed by atoms with Gasteiger partial charge in [0.2, 0.25) is 47.3 Å². The van der Waals surface area contributed by atoms with Crippen molar-refractivity contribution in [3.63, 3.8) is 0 Å². The lowest BCUT2D eigenvalue weighted by Crippen LogP contribution is -2.60. The van der Waals surface area contributed by atoms with E-state index in [1.807, 2.05) is 41.5 Å². The van der Waals surface area contributed by atoms with Crippen LogP contribution in [-0.4, -0.2) is 142 Å². The zero-order valence-electron chi connectivity index (χ0n) is 46.7. The Bertz CT molecular complexity index is 2240. The molecule has 0 spiro atoms. The topological polar surface area (TPSA) is 415 Å². The van der Waals surface area contributed by atoms with Crippen molar-refractivity contribution in [1.29, 1.82) is 0 Å². The van der Waals surface area contributed by atoms with Gasteiger partial charge in [-0.25, -0.2) is 9.78 Å². The van der Waals surface area contributed by atoms with Gasteiger partial charge in [-0.15, -0.1) is 0 Å². The standard InChI is InChI=1S/C53H89N15O10/c1-9-33(8)44(55)51(76)67-38(22-30(2)3)45(70)60-28-43(69)62-36(18-13-14-20-54)46(71)65-40(25-34-16-11-10-12-17-34)49(74)64-39(23-31(4)5)48(73)66-41(26-35-27-58-29-61-35)50(75)63-37(19-15-21-59-53(56)57)47(72)68-42(52(77)78)24-32(6)7/h10-12,16-17,27,29-33,36-42,44H,9,13-15,18-26,28,54-55H2,1-8H3,(H,58,61)(H,60,70)(H,62,69)(H,63,75)(H,64,74)(H,65,71)(H,66,73)(H,67,76)(H,68,72)(H,77,78)(H4,56,57,59)/t33-,36-,37-,38-,39-,40-,41-,42-,44-/m0/s1. The van der Waals surface area contributed by atoms with Gasteiger partial charge in [0.15, 0.2) is 5.96 Å². The molecular weight excluding hydrogens is 1010 g/mol. The number of carboxylic acid groups (broad SMARTS) is 1. The number of rotatable bonds is 37. The number of imidazole rings is 1. The number of nitrogens with zero attached hydrogens (tertiary/aromatic N) is 2. The van der Waals surface area contributed by atoms with Crippen LogP contribution in [-0.2, 0) is 56.0 Å². The molecule has 0 bridgehead atoms. The number of aromatic amines is 1. The van der Waals surface area contributed by atoms with E-state index in [1.165, 1.54) is 12.5 Å². The molecule has 0 saturated carbocycles. The van der Waals surface area contributed by atoms with Crippen molar-refractivity contribution in [2.75, 3.05) is 19.6 Å². The van der Waals surface area contributed by atoms with E-state index >= 15 is 0 Å². The van der Waals surface area contributed by atoms with Gasteiger partial charge in [0.05, 0.1) is 18.9 Å². The van der Waals surface area contributed by atoms with Crippen LogP contribution in [0.4, 0.5) is 0 Å². The smallest absolute Gasteiger partial charge is 0.326 e. The Morgan fingerprint density at radius 3 is 1.60 bits per heavy atom. The number of hydrogen-bond donors (Lipinski definition) is 14. The summed E-state index contributed by atoms with van der Waals surface area (Å²) in [6.45, 7) is 14.6. The molecule has 25 heteroatoms.